The van der Waals surface area contributed by atoms with Gasteiger partial charge >= 0.3 is 5.97 Å². The SMILES string of the molecule is CC1CCCC(OC(=O)C2Cc3ccccc3O2)C1. The van der Waals surface area contributed by atoms with Gasteiger partial charge in [0.1, 0.15) is 11.9 Å². The Morgan fingerprint density at radius 2 is 2.16 bits per heavy atom. The van der Waals surface area contributed by atoms with Gasteiger partial charge in [-0.1, -0.05) is 31.5 Å². The summed E-state index contributed by atoms with van der Waals surface area (Å²) in [5.41, 5.74) is 1.10. The van der Waals surface area contributed by atoms with Crippen LogP contribution in [-0.2, 0) is 16.0 Å². The van der Waals surface area contributed by atoms with Crippen molar-refractivity contribution in [2.45, 2.75) is 51.2 Å². The largest absolute Gasteiger partial charge is 0.478 e. The third-order valence-corrected chi connectivity index (χ3v) is 4.08. The third-order valence-electron chi connectivity index (χ3n) is 4.08. The summed E-state index contributed by atoms with van der Waals surface area (Å²) in [6.45, 7) is 2.22. The van der Waals surface area contributed by atoms with Gasteiger partial charge in [-0.15, -0.1) is 0 Å². The summed E-state index contributed by atoms with van der Waals surface area (Å²) in [4.78, 5) is 12.1. The molecule has 1 aliphatic carbocycles. The zero-order chi connectivity index (χ0) is 13.2. The highest BCUT2D eigenvalue weighted by atomic mass is 16.6. The van der Waals surface area contributed by atoms with E-state index < -0.39 is 6.10 Å². The molecular formula is C16H20O3. The van der Waals surface area contributed by atoms with Crippen molar-refractivity contribution < 1.29 is 14.3 Å². The summed E-state index contributed by atoms with van der Waals surface area (Å²) in [7, 11) is 0. The van der Waals surface area contributed by atoms with Gasteiger partial charge < -0.3 is 9.47 Å². The summed E-state index contributed by atoms with van der Waals surface area (Å²) in [6, 6.07) is 7.81. The van der Waals surface area contributed by atoms with Crippen LogP contribution in [0.15, 0.2) is 24.3 Å². The minimum atomic E-state index is -0.449. The van der Waals surface area contributed by atoms with Crippen molar-refractivity contribution in [2.24, 2.45) is 5.92 Å². The van der Waals surface area contributed by atoms with Crippen LogP contribution in [0.4, 0.5) is 0 Å². The van der Waals surface area contributed by atoms with Gasteiger partial charge in [-0.2, -0.15) is 0 Å². The lowest BCUT2D eigenvalue weighted by Crippen LogP contribution is -2.33. The Labute approximate surface area is 113 Å². The van der Waals surface area contributed by atoms with Crippen molar-refractivity contribution in [3.8, 4) is 5.75 Å². The quantitative estimate of drug-likeness (QED) is 0.766. The van der Waals surface area contributed by atoms with Gasteiger partial charge in [-0.3, -0.25) is 0 Å². The molecule has 2 aliphatic rings. The number of carbonyl (C=O) groups excluding carboxylic acids is 1. The second kappa shape index (κ2) is 5.24. The third kappa shape index (κ3) is 2.75. The maximum absolute atomic E-state index is 12.1. The van der Waals surface area contributed by atoms with Crippen molar-refractivity contribution in [3.05, 3.63) is 29.8 Å². The highest BCUT2D eigenvalue weighted by molar-refractivity contribution is 5.77. The molecular weight excluding hydrogens is 240 g/mol. The van der Waals surface area contributed by atoms with Crippen molar-refractivity contribution in [2.75, 3.05) is 0 Å². The topological polar surface area (TPSA) is 35.5 Å². The number of ether oxygens (including phenoxy) is 2. The molecule has 0 bridgehead atoms. The van der Waals surface area contributed by atoms with Crippen LogP contribution in [0.5, 0.6) is 5.75 Å². The minimum Gasteiger partial charge on any atom is -0.478 e. The normalized spacial score (nSPS) is 29.4. The molecule has 0 aromatic heterocycles. The van der Waals surface area contributed by atoms with Gasteiger partial charge in [0.2, 0.25) is 0 Å². The average Bonchev–Trinajstić information content (AvgIpc) is 2.82. The average molecular weight is 260 g/mol. The maximum Gasteiger partial charge on any atom is 0.347 e. The molecule has 1 aromatic carbocycles. The Bertz CT molecular complexity index is 444. The van der Waals surface area contributed by atoms with E-state index in [4.69, 9.17) is 9.47 Å². The van der Waals surface area contributed by atoms with Crippen LogP contribution in [0.3, 0.4) is 0 Å². The first-order valence-corrected chi connectivity index (χ1v) is 7.17. The summed E-state index contributed by atoms with van der Waals surface area (Å²) in [5.74, 6) is 1.28. The zero-order valence-electron chi connectivity index (χ0n) is 11.3. The van der Waals surface area contributed by atoms with E-state index in [-0.39, 0.29) is 12.1 Å². The standard InChI is InChI=1S/C16H20O3/c1-11-5-4-7-13(9-11)18-16(17)15-10-12-6-2-3-8-14(12)19-15/h2-3,6,8,11,13,15H,4-5,7,9-10H2,1H3. The van der Waals surface area contributed by atoms with E-state index in [0.29, 0.717) is 12.3 Å². The molecule has 3 unspecified atom stereocenters. The molecule has 0 spiro atoms. The second-order valence-corrected chi connectivity index (χ2v) is 5.75. The second-order valence-electron chi connectivity index (χ2n) is 5.75. The summed E-state index contributed by atoms with van der Waals surface area (Å²) < 4.78 is 11.3. The number of rotatable bonds is 2. The molecule has 0 radical (unpaired) electrons. The molecule has 3 rings (SSSR count). The summed E-state index contributed by atoms with van der Waals surface area (Å²) in [6.07, 6.45) is 4.67. The molecule has 1 aliphatic heterocycles. The molecule has 19 heavy (non-hydrogen) atoms. The molecule has 3 atom stereocenters. The summed E-state index contributed by atoms with van der Waals surface area (Å²) >= 11 is 0. The van der Waals surface area contributed by atoms with E-state index in [1.165, 1.54) is 6.42 Å². The Morgan fingerprint density at radius 3 is 2.95 bits per heavy atom. The number of hydrogen-bond acceptors (Lipinski definition) is 3. The van der Waals surface area contributed by atoms with Crippen molar-refractivity contribution in [1.29, 1.82) is 0 Å². The highest BCUT2D eigenvalue weighted by Crippen LogP contribution is 2.30. The molecule has 0 amide bonds. The van der Waals surface area contributed by atoms with Gasteiger partial charge in [0.15, 0.2) is 6.10 Å². The molecule has 1 heterocycles. The zero-order valence-corrected chi connectivity index (χ0v) is 11.3. The first-order chi connectivity index (χ1) is 9.22. The fourth-order valence-corrected chi connectivity index (χ4v) is 3.04. The molecule has 1 saturated carbocycles. The highest BCUT2D eigenvalue weighted by Gasteiger charge is 2.32. The molecule has 102 valence electrons. The lowest BCUT2D eigenvalue weighted by atomic mass is 9.89. The van der Waals surface area contributed by atoms with E-state index in [9.17, 15) is 4.79 Å². The van der Waals surface area contributed by atoms with Gasteiger partial charge in [0.05, 0.1) is 0 Å². The Balaban J connectivity index is 1.58. The predicted octanol–water partition coefficient (Wildman–Crippen LogP) is 3.11. The number of carbonyl (C=O) groups is 1. The predicted molar refractivity (Wildman–Crippen MR) is 72.1 cm³/mol. The van der Waals surface area contributed by atoms with Gasteiger partial charge in [0, 0.05) is 6.42 Å². The minimum absolute atomic E-state index is 0.0866. The van der Waals surface area contributed by atoms with Crippen LogP contribution in [-0.4, -0.2) is 18.2 Å². The molecule has 3 heteroatoms. The number of hydrogen-bond donors (Lipinski definition) is 0. The Hall–Kier alpha value is -1.51. The lowest BCUT2D eigenvalue weighted by molar-refractivity contribution is -0.158. The van der Waals surface area contributed by atoms with Crippen LogP contribution in [0, 0.1) is 5.92 Å². The Morgan fingerprint density at radius 1 is 1.32 bits per heavy atom. The summed E-state index contributed by atoms with van der Waals surface area (Å²) in [5, 5.41) is 0. The van der Waals surface area contributed by atoms with Crippen molar-refractivity contribution in [3.63, 3.8) is 0 Å². The molecule has 1 fully saturated rings. The molecule has 3 nitrogen and oxygen atoms in total. The van der Waals surface area contributed by atoms with E-state index in [1.807, 2.05) is 24.3 Å². The fourth-order valence-electron chi connectivity index (χ4n) is 3.04. The van der Waals surface area contributed by atoms with E-state index >= 15 is 0 Å². The Kier molecular flexibility index (Phi) is 3.45. The fraction of sp³-hybridized carbons (Fsp3) is 0.562. The van der Waals surface area contributed by atoms with E-state index in [2.05, 4.69) is 6.92 Å². The smallest absolute Gasteiger partial charge is 0.347 e. The molecule has 1 aromatic rings. The van der Waals surface area contributed by atoms with Gasteiger partial charge in [-0.05, 0) is 36.8 Å². The molecule has 0 saturated heterocycles. The van der Waals surface area contributed by atoms with Crippen LogP contribution >= 0.6 is 0 Å². The number of esters is 1. The number of para-hydroxylation sites is 1. The van der Waals surface area contributed by atoms with Crippen molar-refractivity contribution >= 4 is 5.97 Å². The maximum atomic E-state index is 12.1. The monoisotopic (exact) mass is 260 g/mol. The van der Waals surface area contributed by atoms with E-state index in [1.54, 1.807) is 0 Å². The van der Waals surface area contributed by atoms with Crippen LogP contribution in [0.2, 0.25) is 0 Å². The number of benzene rings is 1. The first-order valence-electron chi connectivity index (χ1n) is 7.17. The van der Waals surface area contributed by atoms with E-state index in [0.717, 1.165) is 30.6 Å². The lowest BCUT2D eigenvalue weighted by Gasteiger charge is -2.27. The molecule has 0 N–H and O–H groups in total. The van der Waals surface area contributed by atoms with Crippen molar-refractivity contribution in [1.82, 2.24) is 0 Å². The van der Waals surface area contributed by atoms with Crippen LogP contribution in [0.1, 0.15) is 38.2 Å². The van der Waals surface area contributed by atoms with Gasteiger partial charge in [-0.25, -0.2) is 4.79 Å². The van der Waals surface area contributed by atoms with Crippen LogP contribution < -0.4 is 4.74 Å². The first kappa shape index (κ1) is 12.5. The number of fused-ring (bicyclic) bond motifs is 1. The van der Waals surface area contributed by atoms with Gasteiger partial charge in [0.25, 0.3) is 0 Å². The van der Waals surface area contributed by atoms with Crippen LogP contribution in [0.25, 0.3) is 0 Å².